The zero-order valence-corrected chi connectivity index (χ0v) is 16.1. The molecule has 0 aliphatic carbocycles. The van der Waals surface area contributed by atoms with E-state index in [9.17, 15) is 9.59 Å². The van der Waals surface area contributed by atoms with Crippen molar-refractivity contribution in [3.63, 3.8) is 0 Å². The van der Waals surface area contributed by atoms with Crippen LogP contribution in [-0.4, -0.2) is 32.1 Å². The Morgan fingerprint density at radius 2 is 1.45 bits per heavy atom. The van der Waals surface area contributed by atoms with Gasteiger partial charge in [0.25, 0.3) is 11.8 Å². The van der Waals surface area contributed by atoms with Crippen LogP contribution < -0.4 is 20.1 Å². The number of carbonyl (C=O) groups is 2. The zero-order valence-electron chi connectivity index (χ0n) is 16.1. The first-order valence-electron chi connectivity index (χ1n) is 9.17. The second-order valence-corrected chi connectivity index (χ2v) is 6.18. The maximum Gasteiger partial charge on any atom is 0.255 e. The van der Waals surface area contributed by atoms with Gasteiger partial charge in [-0.15, -0.1) is 0 Å². The van der Waals surface area contributed by atoms with E-state index in [0.29, 0.717) is 35.7 Å². The van der Waals surface area contributed by atoms with Gasteiger partial charge in [0.2, 0.25) is 0 Å². The van der Waals surface area contributed by atoms with E-state index < -0.39 is 0 Å². The monoisotopic (exact) mass is 390 g/mol. The van der Waals surface area contributed by atoms with Crippen LogP contribution in [-0.2, 0) is 0 Å². The molecule has 0 atom stereocenters. The van der Waals surface area contributed by atoms with Crippen LogP contribution in [0.15, 0.2) is 78.9 Å². The molecule has 0 saturated carbocycles. The first-order valence-corrected chi connectivity index (χ1v) is 9.17. The summed E-state index contributed by atoms with van der Waals surface area (Å²) in [6.45, 7) is 0.664. The number of anilines is 1. The highest BCUT2D eigenvalue weighted by Crippen LogP contribution is 2.16. The molecule has 0 fully saturated rings. The zero-order chi connectivity index (χ0) is 20.5. The molecule has 0 radical (unpaired) electrons. The molecular formula is C23H22N2O4. The van der Waals surface area contributed by atoms with Crippen molar-refractivity contribution in [3.05, 3.63) is 90.0 Å². The van der Waals surface area contributed by atoms with Gasteiger partial charge in [0, 0.05) is 16.8 Å². The third-order valence-corrected chi connectivity index (χ3v) is 4.13. The smallest absolute Gasteiger partial charge is 0.255 e. The summed E-state index contributed by atoms with van der Waals surface area (Å²) < 4.78 is 10.7. The Morgan fingerprint density at radius 3 is 2.14 bits per heavy atom. The molecule has 6 heteroatoms. The highest BCUT2D eigenvalue weighted by molar-refractivity contribution is 6.06. The van der Waals surface area contributed by atoms with Gasteiger partial charge in [-0.05, 0) is 54.6 Å². The largest absolute Gasteiger partial charge is 0.497 e. The van der Waals surface area contributed by atoms with Crippen LogP contribution in [0.1, 0.15) is 20.7 Å². The van der Waals surface area contributed by atoms with Crippen LogP contribution in [0.2, 0.25) is 0 Å². The lowest BCUT2D eigenvalue weighted by Crippen LogP contribution is -2.28. The molecule has 6 nitrogen and oxygen atoms in total. The van der Waals surface area contributed by atoms with Crippen molar-refractivity contribution in [1.29, 1.82) is 0 Å². The van der Waals surface area contributed by atoms with Crippen LogP contribution in [0, 0.1) is 0 Å². The van der Waals surface area contributed by atoms with Gasteiger partial charge in [0.05, 0.1) is 13.7 Å². The van der Waals surface area contributed by atoms with Crippen molar-refractivity contribution in [2.24, 2.45) is 0 Å². The summed E-state index contributed by atoms with van der Waals surface area (Å²) in [6, 6.07) is 23.0. The lowest BCUT2D eigenvalue weighted by atomic mass is 10.1. The standard InChI is InChI=1S/C23H22N2O4/c1-28-20-10-12-21(13-11-20)29-15-14-24-22(26)17-6-5-7-18(16-17)23(27)25-19-8-3-2-4-9-19/h2-13,16H,14-15H2,1H3,(H,24,26)(H,25,27). The fourth-order valence-electron chi connectivity index (χ4n) is 2.63. The van der Waals surface area contributed by atoms with Crippen LogP contribution in [0.3, 0.4) is 0 Å². The van der Waals surface area contributed by atoms with Gasteiger partial charge in [-0.2, -0.15) is 0 Å². The molecule has 2 N–H and O–H groups in total. The maximum absolute atomic E-state index is 12.4. The summed E-state index contributed by atoms with van der Waals surface area (Å²) >= 11 is 0. The Morgan fingerprint density at radius 1 is 0.793 bits per heavy atom. The Balaban J connectivity index is 1.50. The van der Waals surface area contributed by atoms with Crippen molar-refractivity contribution in [1.82, 2.24) is 5.32 Å². The Labute approximate surface area is 169 Å². The predicted molar refractivity (Wildman–Crippen MR) is 112 cm³/mol. The molecule has 3 aromatic carbocycles. The number of nitrogens with one attached hydrogen (secondary N) is 2. The van der Waals surface area contributed by atoms with E-state index in [1.807, 2.05) is 18.2 Å². The summed E-state index contributed by atoms with van der Waals surface area (Å²) in [5.74, 6) is 0.910. The molecule has 2 amide bonds. The number of carbonyl (C=O) groups excluding carboxylic acids is 2. The van der Waals surface area contributed by atoms with E-state index in [2.05, 4.69) is 10.6 Å². The number of ether oxygens (including phenoxy) is 2. The first kappa shape index (κ1) is 19.9. The average molecular weight is 390 g/mol. The van der Waals surface area contributed by atoms with Crippen LogP contribution >= 0.6 is 0 Å². The minimum Gasteiger partial charge on any atom is -0.497 e. The minimum absolute atomic E-state index is 0.266. The Bertz CT molecular complexity index is 956. The molecule has 0 saturated heterocycles. The molecule has 3 rings (SSSR count). The van der Waals surface area contributed by atoms with Crippen LogP contribution in [0.5, 0.6) is 11.5 Å². The summed E-state index contributed by atoms with van der Waals surface area (Å²) in [5.41, 5.74) is 1.52. The molecule has 0 spiro atoms. The van der Waals surface area contributed by atoms with E-state index >= 15 is 0 Å². The molecule has 0 aromatic heterocycles. The topological polar surface area (TPSA) is 76.7 Å². The number of amides is 2. The van der Waals surface area contributed by atoms with Gasteiger partial charge in [-0.3, -0.25) is 9.59 Å². The number of hydrogen-bond acceptors (Lipinski definition) is 4. The molecule has 3 aromatic rings. The molecule has 29 heavy (non-hydrogen) atoms. The highest BCUT2D eigenvalue weighted by Gasteiger charge is 2.10. The second kappa shape index (κ2) is 9.94. The summed E-state index contributed by atoms with van der Waals surface area (Å²) in [4.78, 5) is 24.7. The highest BCUT2D eigenvalue weighted by atomic mass is 16.5. The van der Waals surface area contributed by atoms with Crippen LogP contribution in [0.4, 0.5) is 5.69 Å². The molecule has 148 valence electrons. The molecule has 0 aliphatic heterocycles. The maximum atomic E-state index is 12.4. The van der Waals surface area contributed by atoms with E-state index in [4.69, 9.17) is 9.47 Å². The molecule has 0 bridgehead atoms. The number of rotatable bonds is 8. The van der Waals surface area contributed by atoms with Gasteiger partial charge in [-0.25, -0.2) is 0 Å². The van der Waals surface area contributed by atoms with Gasteiger partial charge in [0.1, 0.15) is 18.1 Å². The predicted octanol–water partition coefficient (Wildman–Crippen LogP) is 3.76. The van der Waals surface area contributed by atoms with E-state index in [-0.39, 0.29) is 11.8 Å². The van der Waals surface area contributed by atoms with Crippen molar-refractivity contribution >= 4 is 17.5 Å². The average Bonchev–Trinajstić information content (AvgIpc) is 2.77. The summed E-state index contributed by atoms with van der Waals surface area (Å²) in [5, 5.41) is 5.59. The lowest BCUT2D eigenvalue weighted by molar-refractivity contribution is 0.0947. The van der Waals surface area contributed by atoms with Crippen molar-refractivity contribution < 1.29 is 19.1 Å². The lowest BCUT2D eigenvalue weighted by Gasteiger charge is -2.09. The van der Waals surface area contributed by atoms with E-state index in [1.54, 1.807) is 67.8 Å². The first-order chi connectivity index (χ1) is 14.2. The summed E-state index contributed by atoms with van der Waals surface area (Å²) in [7, 11) is 1.60. The third kappa shape index (κ3) is 5.84. The van der Waals surface area contributed by atoms with Gasteiger partial charge >= 0.3 is 0 Å². The normalized spacial score (nSPS) is 10.1. The quantitative estimate of drug-likeness (QED) is 0.574. The Kier molecular flexibility index (Phi) is 6.84. The molecule has 0 heterocycles. The number of benzene rings is 3. The number of hydrogen-bond donors (Lipinski definition) is 2. The van der Waals surface area contributed by atoms with E-state index in [0.717, 1.165) is 5.75 Å². The fraction of sp³-hybridized carbons (Fsp3) is 0.130. The SMILES string of the molecule is COc1ccc(OCCNC(=O)c2cccc(C(=O)Nc3ccccc3)c2)cc1. The number of para-hydroxylation sites is 1. The van der Waals surface area contributed by atoms with E-state index in [1.165, 1.54) is 0 Å². The Hall–Kier alpha value is -3.80. The molecule has 0 aliphatic rings. The third-order valence-electron chi connectivity index (χ3n) is 4.13. The second-order valence-electron chi connectivity index (χ2n) is 6.18. The minimum atomic E-state index is -0.270. The van der Waals surface area contributed by atoms with Crippen LogP contribution in [0.25, 0.3) is 0 Å². The van der Waals surface area contributed by atoms with Crippen molar-refractivity contribution in [3.8, 4) is 11.5 Å². The van der Waals surface area contributed by atoms with Gasteiger partial charge in [0.15, 0.2) is 0 Å². The van der Waals surface area contributed by atoms with Gasteiger partial charge in [-0.1, -0.05) is 24.3 Å². The van der Waals surface area contributed by atoms with Gasteiger partial charge < -0.3 is 20.1 Å². The van der Waals surface area contributed by atoms with Crippen molar-refractivity contribution in [2.75, 3.05) is 25.6 Å². The molecule has 0 unspecified atom stereocenters. The fourth-order valence-corrected chi connectivity index (χ4v) is 2.63. The van der Waals surface area contributed by atoms with Crippen molar-refractivity contribution in [2.45, 2.75) is 0 Å². The summed E-state index contributed by atoms with van der Waals surface area (Å²) in [6.07, 6.45) is 0. The molecular weight excluding hydrogens is 368 g/mol. The number of methoxy groups -OCH3 is 1.